The number of rotatable bonds is 5. The average molecular weight is 220 g/mol. The van der Waals surface area contributed by atoms with Gasteiger partial charge < -0.3 is 14.6 Å². The molecule has 0 aliphatic rings. The number of methoxy groups -OCH3 is 1. The highest BCUT2D eigenvalue weighted by Crippen LogP contribution is 2.23. The Morgan fingerprint density at radius 2 is 2.25 bits per heavy atom. The monoisotopic (exact) mass is 220 g/mol. The fourth-order valence-electron chi connectivity index (χ4n) is 1.34. The van der Waals surface area contributed by atoms with Crippen molar-refractivity contribution in [2.24, 2.45) is 0 Å². The first-order valence-corrected chi connectivity index (χ1v) is 4.71. The van der Waals surface area contributed by atoms with Crippen LogP contribution in [0.3, 0.4) is 0 Å². The summed E-state index contributed by atoms with van der Waals surface area (Å²) in [6, 6.07) is 4.94. The summed E-state index contributed by atoms with van der Waals surface area (Å²) >= 11 is 0. The van der Waals surface area contributed by atoms with Gasteiger partial charge in [-0.15, -0.1) is 0 Å². The first-order valence-electron chi connectivity index (χ1n) is 4.71. The molecule has 0 amide bonds. The third-order valence-corrected chi connectivity index (χ3v) is 2.02. The zero-order chi connectivity index (χ0) is 12.0. The Morgan fingerprint density at radius 3 is 2.81 bits per heavy atom. The number of aldehydes is 1. The molecule has 0 fully saturated rings. The maximum absolute atomic E-state index is 11.1. The molecule has 0 saturated heterocycles. The van der Waals surface area contributed by atoms with Crippen molar-refractivity contribution < 1.29 is 19.4 Å². The molecule has 0 radical (unpaired) electrons. The SMILES string of the molecule is COc1cccc(C=CCC=O)c1C(=O)O. The second-order valence-corrected chi connectivity index (χ2v) is 3.03. The maximum atomic E-state index is 11.1. The number of allylic oxidation sites excluding steroid dienone is 1. The average Bonchev–Trinajstić information content (AvgIpc) is 2.28. The van der Waals surface area contributed by atoms with Gasteiger partial charge in [0.2, 0.25) is 0 Å². The highest BCUT2D eigenvalue weighted by Gasteiger charge is 2.13. The van der Waals surface area contributed by atoms with Gasteiger partial charge in [-0.05, 0) is 11.6 Å². The Balaban J connectivity index is 3.16. The van der Waals surface area contributed by atoms with Crippen molar-refractivity contribution in [2.45, 2.75) is 6.42 Å². The summed E-state index contributed by atoms with van der Waals surface area (Å²) in [5.41, 5.74) is 0.626. The first kappa shape index (κ1) is 12.0. The Morgan fingerprint density at radius 1 is 1.50 bits per heavy atom. The van der Waals surface area contributed by atoms with E-state index in [2.05, 4.69) is 0 Å². The zero-order valence-corrected chi connectivity index (χ0v) is 8.84. The number of hydrogen-bond acceptors (Lipinski definition) is 3. The highest BCUT2D eigenvalue weighted by molar-refractivity contribution is 5.95. The van der Waals surface area contributed by atoms with Crippen LogP contribution in [-0.4, -0.2) is 24.5 Å². The van der Waals surface area contributed by atoms with E-state index in [0.29, 0.717) is 11.3 Å². The summed E-state index contributed by atoms with van der Waals surface area (Å²) in [7, 11) is 1.42. The van der Waals surface area contributed by atoms with Crippen LogP contribution in [0.2, 0.25) is 0 Å². The van der Waals surface area contributed by atoms with Crippen LogP contribution in [0.1, 0.15) is 22.3 Å². The topological polar surface area (TPSA) is 63.6 Å². The summed E-state index contributed by atoms with van der Waals surface area (Å²) < 4.78 is 4.97. The van der Waals surface area contributed by atoms with Crippen LogP contribution >= 0.6 is 0 Å². The second kappa shape index (κ2) is 5.70. The smallest absolute Gasteiger partial charge is 0.340 e. The molecule has 0 aliphatic carbocycles. The van der Waals surface area contributed by atoms with Crippen molar-refractivity contribution in [2.75, 3.05) is 7.11 Å². The van der Waals surface area contributed by atoms with E-state index in [1.165, 1.54) is 7.11 Å². The minimum atomic E-state index is -1.05. The standard InChI is InChI=1S/C12H12O4/c1-16-10-7-4-6-9(5-2-3-8-13)11(10)12(14)15/h2,4-8H,3H2,1H3,(H,14,15). The molecule has 16 heavy (non-hydrogen) atoms. The van der Waals surface area contributed by atoms with Gasteiger partial charge in [0.25, 0.3) is 0 Å². The molecule has 1 rings (SSSR count). The van der Waals surface area contributed by atoms with Crippen molar-refractivity contribution in [1.29, 1.82) is 0 Å². The van der Waals surface area contributed by atoms with Crippen molar-refractivity contribution in [3.8, 4) is 5.75 Å². The summed E-state index contributed by atoms with van der Waals surface area (Å²) in [6.07, 6.45) is 4.21. The lowest BCUT2D eigenvalue weighted by atomic mass is 10.1. The van der Waals surface area contributed by atoms with E-state index in [4.69, 9.17) is 9.84 Å². The van der Waals surface area contributed by atoms with Gasteiger partial charge in [0.15, 0.2) is 0 Å². The van der Waals surface area contributed by atoms with Crippen LogP contribution in [0.5, 0.6) is 5.75 Å². The first-order chi connectivity index (χ1) is 7.70. The zero-order valence-electron chi connectivity index (χ0n) is 8.84. The van der Waals surface area contributed by atoms with E-state index in [9.17, 15) is 9.59 Å². The summed E-state index contributed by atoms with van der Waals surface area (Å²) in [5.74, 6) is -0.746. The van der Waals surface area contributed by atoms with E-state index in [1.54, 1.807) is 30.4 Å². The molecule has 0 bridgehead atoms. The minimum Gasteiger partial charge on any atom is -0.496 e. The van der Waals surface area contributed by atoms with Gasteiger partial charge in [0, 0.05) is 6.42 Å². The molecule has 4 nitrogen and oxygen atoms in total. The number of benzene rings is 1. The molecule has 0 aliphatic heterocycles. The molecule has 0 spiro atoms. The number of carbonyl (C=O) groups is 2. The Kier molecular flexibility index (Phi) is 4.27. The van der Waals surface area contributed by atoms with E-state index in [0.717, 1.165) is 6.29 Å². The van der Waals surface area contributed by atoms with Crippen molar-refractivity contribution in [3.05, 3.63) is 35.4 Å². The largest absolute Gasteiger partial charge is 0.496 e. The van der Waals surface area contributed by atoms with Gasteiger partial charge >= 0.3 is 5.97 Å². The van der Waals surface area contributed by atoms with Crippen LogP contribution in [0.25, 0.3) is 6.08 Å². The highest BCUT2D eigenvalue weighted by atomic mass is 16.5. The number of aromatic carboxylic acids is 1. The Labute approximate surface area is 93.2 Å². The van der Waals surface area contributed by atoms with Crippen LogP contribution in [-0.2, 0) is 4.79 Å². The molecular formula is C12H12O4. The maximum Gasteiger partial charge on any atom is 0.340 e. The van der Waals surface area contributed by atoms with Gasteiger partial charge in [0.05, 0.1) is 7.11 Å². The van der Waals surface area contributed by atoms with Gasteiger partial charge in [-0.2, -0.15) is 0 Å². The molecule has 1 N–H and O–H groups in total. The predicted molar refractivity (Wildman–Crippen MR) is 59.7 cm³/mol. The van der Waals surface area contributed by atoms with Gasteiger partial charge in [0.1, 0.15) is 17.6 Å². The number of carbonyl (C=O) groups excluding carboxylic acids is 1. The van der Waals surface area contributed by atoms with Crippen LogP contribution < -0.4 is 4.74 Å². The molecule has 4 heteroatoms. The summed E-state index contributed by atoms with van der Waals surface area (Å²) in [6.45, 7) is 0. The van der Waals surface area contributed by atoms with Gasteiger partial charge in [-0.1, -0.05) is 24.3 Å². The number of carboxylic acids is 1. The molecule has 1 aromatic carbocycles. The molecule has 84 valence electrons. The number of ether oxygens (including phenoxy) is 1. The van der Waals surface area contributed by atoms with Crippen LogP contribution in [0.15, 0.2) is 24.3 Å². The Hall–Kier alpha value is -2.10. The van der Waals surface area contributed by atoms with Crippen molar-refractivity contribution >= 4 is 18.3 Å². The molecule has 0 heterocycles. The van der Waals surface area contributed by atoms with E-state index >= 15 is 0 Å². The molecular weight excluding hydrogens is 208 g/mol. The van der Waals surface area contributed by atoms with Crippen LogP contribution in [0.4, 0.5) is 0 Å². The van der Waals surface area contributed by atoms with Gasteiger partial charge in [-0.25, -0.2) is 4.79 Å². The number of carboxylic acid groups (broad SMARTS) is 1. The third kappa shape index (κ3) is 2.70. The predicted octanol–water partition coefficient (Wildman–Crippen LogP) is 2.00. The van der Waals surface area contributed by atoms with Gasteiger partial charge in [-0.3, -0.25) is 0 Å². The normalized spacial score (nSPS) is 10.3. The lowest BCUT2D eigenvalue weighted by Crippen LogP contribution is -2.03. The van der Waals surface area contributed by atoms with E-state index < -0.39 is 5.97 Å². The van der Waals surface area contributed by atoms with Crippen molar-refractivity contribution in [1.82, 2.24) is 0 Å². The summed E-state index contributed by atoms with van der Waals surface area (Å²) in [4.78, 5) is 21.2. The number of hydrogen-bond donors (Lipinski definition) is 1. The molecule has 0 atom stereocenters. The molecule has 0 aromatic heterocycles. The lowest BCUT2D eigenvalue weighted by Gasteiger charge is -2.07. The molecule has 1 aromatic rings. The fourth-order valence-corrected chi connectivity index (χ4v) is 1.34. The molecule has 0 saturated carbocycles. The third-order valence-electron chi connectivity index (χ3n) is 2.02. The fraction of sp³-hybridized carbons (Fsp3) is 0.167. The summed E-state index contributed by atoms with van der Waals surface area (Å²) in [5, 5.41) is 9.05. The molecule has 0 unspecified atom stereocenters. The second-order valence-electron chi connectivity index (χ2n) is 3.03. The Bertz CT molecular complexity index is 421. The van der Waals surface area contributed by atoms with E-state index in [1.807, 2.05) is 0 Å². The van der Waals surface area contributed by atoms with E-state index in [-0.39, 0.29) is 12.0 Å². The quantitative estimate of drug-likeness (QED) is 0.771. The van der Waals surface area contributed by atoms with Crippen LogP contribution in [0, 0.1) is 0 Å². The minimum absolute atomic E-state index is 0.104. The lowest BCUT2D eigenvalue weighted by molar-refractivity contribution is -0.107. The van der Waals surface area contributed by atoms with Crippen molar-refractivity contribution in [3.63, 3.8) is 0 Å².